The Morgan fingerprint density at radius 2 is 0.870 bits per heavy atom. The van der Waals surface area contributed by atoms with Gasteiger partial charge in [0.05, 0.1) is 11.4 Å². The number of aryl methyl sites for hydroxylation is 2. The topological polar surface area (TPSA) is 6.48 Å². The van der Waals surface area contributed by atoms with Crippen LogP contribution in [0, 0.1) is 13.8 Å². The van der Waals surface area contributed by atoms with Crippen molar-refractivity contribution < 1.29 is 0 Å². The summed E-state index contributed by atoms with van der Waals surface area (Å²) in [5, 5.41) is 9.80. The maximum absolute atomic E-state index is 4.96. The molecule has 0 bridgehead atoms. The van der Waals surface area contributed by atoms with E-state index in [4.69, 9.17) is 6.58 Å². The maximum Gasteiger partial charge on any atom is 0.0540 e. The molecule has 10 aromatic carbocycles. The van der Waals surface area contributed by atoms with Gasteiger partial charge in [0, 0.05) is 38.9 Å². The number of benzene rings is 10. The highest BCUT2D eigenvalue weighted by molar-refractivity contribution is 6.03. The number of anilines is 6. The highest BCUT2D eigenvalue weighted by atomic mass is 15.1. The summed E-state index contributed by atoms with van der Waals surface area (Å²) >= 11 is 0. The Kier molecular flexibility index (Phi) is 9.90. The minimum absolute atomic E-state index is 0.231. The van der Waals surface area contributed by atoms with Crippen molar-refractivity contribution in [2.45, 2.75) is 58.8 Å². The maximum atomic E-state index is 4.96. The number of nitrogens with zero attached hydrogens (tertiary/aromatic N) is 2. The molecule has 2 aliphatic rings. The molecule has 69 heavy (non-hydrogen) atoms. The lowest BCUT2D eigenvalue weighted by Crippen LogP contribution is -2.20. The van der Waals surface area contributed by atoms with Crippen molar-refractivity contribution in [1.82, 2.24) is 0 Å². The molecule has 334 valence electrons. The van der Waals surface area contributed by atoms with Crippen LogP contribution < -0.4 is 9.80 Å². The summed E-state index contributed by atoms with van der Waals surface area (Å²) < 4.78 is 0. The number of hydrogen-bond acceptors (Lipinski definition) is 2. The third kappa shape index (κ3) is 7.00. The molecule has 10 aromatic rings. The molecule has 0 saturated carbocycles. The van der Waals surface area contributed by atoms with Crippen LogP contribution in [0.1, 0.15) is 67.5 Å². The van der Waals surface area contributed by atoms with E-state index in [0.717, 1.165) is 40.4 Å². The summed E-state index contributed by atoms with van der Waals surface area (Å²) in [5.41, 5.74) is 17.8. The van der Waals surface area contributed by atoms with E-state index in [1.807, 2.05) is 0 Å². The molecule has 2 nitrogen and oxygen atoms in total. The van der Waals surface area contributed by atoms with E-state index in [9.17, 15) is 0 Å². The molecule has 0 radical (unpaired) electrons. The van der Waals surface area contributed by atoms with Crippen LogP contribution in [0.25, 0.3) is 54.2 Å². The third-order valence-electron chi connectivity index (χ3n) is 15.2. The molecule has 0 spiro atoms. The van der Waals surface area contributed by atoms with E-state index in [1.165, 1.54) is 93.3 Å². The molecule has 0 aliphatic heterocycles. The first kappa shape index (κ1) is 42.4. The smallest absolute Gasteiger partial charge is 0.0540 e. The van der Waals surface area contributed by atoms with Gasteiger partial charge in [0.15, 0.2) is 0 Å². The first-order valence-electron chi connectivity index (χ1n) is 24.4. The van der Waals surface area contributed by atoms with E-state index in [1.54, 1.807) is 0 Å². The molecule has 0 atom stereocenters. The van der Waals surface area contributed by atoms with Crippen LogP contribution in [-0.2, 0) is 10.8 Å². The van der Waals surface area contributed by atoms with Crippen LogP contribution in [0.5, 0.6) is 0 Å². The molecule has 0 unspecified atom stereocenters. The summed E-state index contributed by atoms with van der Waals surface area (Å²) in [5.74, 6) is 0. The summed E-state index contributed by atoms with van der Waals surface area (Å²) in [4.78, 5) is 4.95. The number of fused-ring (bicyclic) bond motifs is 8. The standard InChI is InChI=1S/C67H56N2/c1-43-36-54(68(52-32-30-46-18-8-10-22-50(46)39-52)62-28-16-24-48-20-12-14-26-56(48)62)41-60-64(43)45(3)38-59-58(34-35-66(60,4)5)65-44(2)37-55(42-61(65)67(59,6)7)69(53-33-31-47-19-9-11-23-51(47)40-53)63-29-17-25-49-21-13-15-27-57(49)63/h8-34,36-42H,3,35H2,1-2,4-7H3/b58-34+,59-38+. The Bertz CT molecular complexity index is 3810. The summed E-state index contributed by atoms with van der Waals surface area (Å²) in [6, 6.07) is 71.7. The quantitative estimate of drug-likeness (QED) is 0.164. The van der Waals surface area contributed by atoms with Crippen molar-refractivity contribution in [1.29, 1.82) is 0 Å². The molecule has 0 saturated heterocycles. The minimum atomic E-state index is -0.303. The average molecular weight is 889 g/mol. The predicted octanol–water partition coefficient (Wildman–Crippen LogP) is 18.9. The SMILES string of the molecule is C=C1/C=C2\C(=C/CC(C)(C)c3cc(N(c4ccc5ccccc5c4)c4cccc5ccccc45)cc(C)c31)c1c(C)cc(N(c3ccc4ccccc4c3)c3cccc4ccccc34)cc1C2(C)C. The van der Waals surface area contributed by atoms with E-state index in [0.29, 0.717) is 0 Å². The van der Waals surface area contributed by atoms with E-state index < -0.39 is 0 Å². The second kappa shape index (κ2) is 16.1. The average Bonchev–Trinajstić information content (AvgIpc) is 3.59. The molecule has 2 heteroatoms. The summed E-state index contributed by atoms with van der Waals surface area (Å²) in [6.45, 7) is 19.2. The highest BCUT2D eigenvalue weighted by Crippen LogP contribution is 2.56. The van der Waals surface area contributed by atoms with Gasteiger partial charge in [-0.3, -0.25) is 0 Å². The largest absolute Gasteiger partial charge is 0.310 e. The van der Waals surface area contributed by atoms with Gasteiger partial charge in [0.2, 0.25) is 0 Å². The molecule has 0 N–H and O–H groups in total. The zero-order chi connectivity index (χ0) is 47.2. The second-order valence-corrected chi connectivity index (χ2v) is 20.5. The van der Waals surface area contributed by atoms with Gasteiger partial charge >= 0.3 is 0 Å². The lowest BCUT2D eigenvalue weighted by atomic mass is 9.76. The fraction of sp³-hybridized carbons (Fsp3) is 0.134. The van der Waals surface area contributed by atoms with Crippen molar-refractivity contribution in [3.05, 3.63) is 252 Å². The lowest BCUT2D eigenvalue weighted by Gasteiger charge is -2.33. The van der Waals surface area contributed by atoms with Gasteiger partial charge in [-0.15, -0.1) is 0 Å². The van der Waals surface area contributed by atoms with E-state index in [2.05, 4.69) is 258 Å². The van der Waals surface area contributed by atoms with Gasteiger partial charge in [-0.1, -0.05) is 180 Å². The highest BCUT2D eigenvalue weighted by Gasteiger charge is 2.41. The third-order valence-corrected chi connectivity index (χ3v) is 15.2. The molecule has 0 heterocycles. The minimum Gasteiger partial charge on any atom is -0.310 e. The van der Waals surface area contributed by atoms with E-state index in [-0.39, 0.29) is 10.8 Å². The van der Waals surface area contributed by atoms with Crippen molar-refractivity contribution in [2.24, 2.45) is 0 Å². The molecular weight excluding hydrogens is 833 g/mol. The van der Waals surface area contributed by atoms with Crippen LogP contribution in [0.4, 0.5) is 34.1 Å². The van der Waals surface area contributed by atoms with Gasteiger partial charge in [-0.2, -0.15) is 0 Å². The molecular formula is C67H56N2. The predicted molar refractivity (Wildman–Crippen MR) is 298 cm³/mol. The number of rotatable bonds is 6. The normalized spacial score (nSPS) is 16.4. The van der Waals surface area contributed by atoms with Gasteiger partial charge < -0.3 is 9.80 Å². The lowest BCUT2D eigenvalue weighted by molar-refractivity contribution is 0.533. The van der Waals surface area contributed by atoms with Gasteiger partial charge in [-0.05, 0) is 169 Å². The first-order chi connectivity index (χ1) is 33.4. The van der Waals surface area contributed by atoms with Crippen molar-refractivity contribution in [3.8, 4) is 0 Å². The molecule has 12 rings (SSSR count). The van der Waals surface area contributed by atoms with Crippen LogP contribution in [0.2, 0.25) is 0 Å². The zero-order valence-electron chi connectivity index (χ0n) is 40.4. The van der Waals surface area contributed by atoms with Gasteiger partial charge in [0.25, 0.3) is 0 Å². The second-order valence-electron chi connectivity index (χ2n) is 20.5. The summed E-state index contributed by atoms with van der Waals surface area (Å²) in [7, 11) is 0. The number of hydrogen-bond donors (Lipinski definition) is 0. The first-order valence-corrected chi connectivity index (χ1v) is 24.4. The van der Waals surface area contributed by atoms with Crippen LogP contribution in [-0.4, -0.2) is 0 Å². The van der Waals surface area contributed by atoms with Crippen molar-refractivity contribution in [2.75, 3.05) is 9.80 Å². The van der Waals surface area contributed by atoms with Crippen LogP contribution >= 0.6 is 0 Å². The molecule has 0 aromatic heterocycles. The fourth-order valence-corrected chi connectivity index (χ4v) is 11.7. The molecule has 2 aliphatic carbocycles. The van der Waals surface area contributed by atoms with Crippen LogP contribution in [0.15, 0.2) is 218 Å². The summed E-state index contributed by atoms with van der Waals surface area (Å²) in [6.07, 6.45) is 5.84. The Balaban J connectivity index is 1.01. The van der Waals surface area contributed by atoms with Crippen molar-refractivity contribution >= 4 is 88.4 Å². The Hall–Kier alpha value is -7.94. The Morgan fingerprint density at radius 3 is 1.41 bits per heavy atom. The van der Waals surface area contributed by atoms with Gasteiger partial charge in [-0.25, -0.2) is 0 Å². The monoisotopic (exact) mass is 888 g/mol. The molecule has 0 amide bonds. The van der Waals surface area contributed by atoms with Crippen LogP contribution in [0.3, 0.4) is 0 Å². The Morgan fingerprint density at radius 1 is 0.420 bits per heavy atom. The number of allylic oxidation sites excluding steroid dienone is 5. The van der Waals surface area contributed by atoms with Crippen molar-refractivity contribution in [3.63, 3.8) is 0 Å². The zero-order valence-corrected chi connectivity index (χ0v) is 40.4. The molecule has 0 fully saturated rings. The van der Waals surface area contributed by atoms with E-state index >= 15 is 0 Å². The van der Waals surface area contributed by atoms with Gasteiger partial charge in [0.1, 0.15) is 0 Å². The fourth-order valence-electron chi connectivity index (χ4n) is 11.7. The Labute approximate surface area is 406 Å².